The zero-order valence-electron chi connectivity index (χ0n) is 4.88. The molecule has 8 heavy (non-hydrogen) atoms. The van der Waals surface area contributed by atoms with Gasteiger partial charge in [-0.2, -0.15) is 0 Å². The van der Waals surface area contributed by atoms with Crippen molar-refractivity contribution in [3.63, 3.8) is 0 Å². The Morgan fingerprint density at radius 2 is 1.88 bits per heavy atom. The monoisotopic (exact) mass is 110 g/mol. The first-order valence-electron chi connectivity index (χ1n) is 3.35. The molecule has 0 aromatic rings. The van der Waals surface area contributed by atoms with Crippen LogP contribution in [-0.2, 0) is 0 Å². The molecule has 2 nitrogen and oxygen atoms in total. The standard InChI is InChI=1S/C6H10N2/c7-8-5-2-1-3-6(8)4-5/h5-6H,1-4H2. The van der Waals surface area contributed by atoms with Crippen LogP contribution in [0.5, 0.6) is 0 Å². The summed E-state index contributed by atoms with van der Waals surface area (Å²) < 4.78 is 1.53. The smallest absolute Gasteiger partial charge is 0.147 e. The Morgan fingerprint density at radius 3 is 2.12 bits per heavy atom. The Labute approximate surface area is 49.0 Å². The van der Waals surface area contributed by atoms with Crippen LogP contribution in [0.15, 0.2) is 0 Å². The maximum Gasteiger partial charge on any atom is 0.147 e. The lowest BCUT2D eigenvalue weighted by atomic mass is 9.82. The third-order valence-corrected chi connectivity index (χ3v) is 2.37. The van der Waals surface area contributed by atoms with Crippen LogP contribution in [0.1, 0.15) is 25.7 Å². The summed E-state index contributed by atoms with van der Waals surface area (Å²) in [4.78, 5) is 0. The molecule has 2 heteroatoms. The molecule has 0 aromatic heterocycles. The second-order valence-electron chi connectivity index (χ2n) is 2.85. The summed E-state index contributed by atoms with van der Waals surface area (Å²) in [6.45, 7) is 0. The van der Waals surface area contributed by atoms with Crippen molar-refractivity contribution in [2.24, 2.45) is 0 Å². The highest BCUT2D eigenvalue weighted by Gasteiger charge is 2.42. The minimum atomic E-state index is 0.536. The van der Waals surface area contributed by atoms with Crippen molar-refractivity contribution in [3.05, 3.63) is 5.53 Å². The molecule has 2 unspecified atom stereocenters. The Morgan fingerprint density at radius 1 is 1.25 bits per heavy atom. The van der Waals surface area contributed by atoms with E-state index in [-0.39, 0.29) is 0 Å². The first-order valence-corrected chi connectivity index (χ1v) is 3.35. The molecule has 1 saturated carbocycles. The van der Waals surface area contributed by atoms with E-state index >= 15 is 0 Å². The Hall–Kier alpha value is -0.400. The van der Waals surface area contributed by atoms with E-state index in [2.05, 4.69) is 0 Å². The van der Waals surface area contributed by atoms with E-state index in [9.17, 15) is 0 Å². The molecule has 0 radical (unpaired) electrons. The van der Waals surface area contributed by atoms with E-state index in [0.717, 1.165) is 0 Å². The zero-order chi connectivity index (χ0) is 5.56. The molecule has 2 aliphatic heterocycles. The van der Waals surface area contributed by atoms with E-state index in [0.29, 0.717) is 12.1 Å². The van der Waals surface area contributed by atoms with Gasteiger partial charge in [0.2, 0.25) is 0 Å². The van der Waals surface area contributed by atoms with Crippen molar-refractivity contribution in [1.82, 2.24) is 0 Å². The zero-order valence-corrected chi connectivity index (χ0v) is 4.88. The molecular weight excluding hydrogens is 100 g/mol. The molecule has 2 bridgehead atoms. The van der Waals surface area contributed by atoms with Gasteiger partial charge in [0.25, 0.3) is 0 Å². The van der Waals surface area contributed by atoms with Crippen LogP contribution in [0, 0.1) is 0 Å². The number of hydrogen-bond acceptors (Lipinski definition) is 0. The molecule has 0 amide bonds. The molecule has 44 valence electrons. The van der Waals surface area contributed by atoms with Crippen LogP contribution in [-0.4, -0.2) is 16.8 Å². The summed E-state index contributed by atoms with van der Waals surface area (Å²) in [6, 6.07) is 1.07. The molecule has 3 aliphatic rings. The third-order valence-electron chi connectivity index (χ3n) is 2.37. The molecule has 3 rings (SSSR count). The Bertz CT molecular complexity index is 114. The van der Waals surface area contributed by atoms with E-state index in [1.54, 1.807) is 0 Å². The highest BCUT2D eigenvalue weighted by Crippen LogP contribution is 2.33. The second kappa shape index (κ2) is 1.30. The summed E-state index contributed by atoms with van der Waals surface area (Å²) in [5.41, 5.74) is 9.06. The molecule has 0 aromatic carbocycles. The number of rotatable bonds is 0. The molecule has 0 N–H and O–H groups in total. The average Bonchev–Trinajstić information content (AvgIpc) is 1.89. The summed E-state index contributed by atoms with van der Waals surface area (Å²) in [5.74, 6) is 0. The van der Waals surface area contributed by atoms with Crippen molar-refractivity contribution < 1.29 is 4.70 Å². The average molecular weight is 110 g/mol. The molecule has 3 fully saturated rings. The number of fused-ring (bicyclic) bond motifs is 2. The fourth-order valence-corrected chi connectivity index (χ4v) is 1.78. The SMILES string of the molecule is [N-]=[N+]1C2CCCC1C2. The van der Waals surface area contributed by atoms with Gasteiger partial charge in [0.15, 0.2) is 0 Å². The normalized spacial score (nSPS) is 43.8. The number of hydrogen-bond donors (Lipinski definition) is 0. The second-order valence-corrected chi connectivity index (χ2v) is 2.85. The molecule has 1 aliphatic carbocycles. The Kier molecular flexibility index (Phi) is 0.729. The lowest BCUT2D eigenvalue weighted by Crippen LogP contribution is -2.50. The Balaban J connectivity index is 2.13. The van der Waals surface area contributed by atoms with Gasteiger partial charge in [0.1, 0.15) is 12.1 Å². The number of nitrogens with zero attached hydrogens (tertiary/aromatic N) is 2. The molecule has 2 saturated heterocycles. The van der Waals surface area contributed by atoms with Gasteiger partial charge in [-0.15, -0.1) is 0 Å². The van der Waals surface area contributed by atoms with Crippen molar-refractivity contribution >= 4 is 0 Å². The summed E-state index contributed by atoms with van der Waals surface area (Å²) in [7, 11) is 0. The van der Waals surface area contributed by atoms with E-state index in [1.165, 1.54) is 30.4 Å². The predicted molar refractivity (Wildman–Crippen MR) is 29.7 cm³/mol. The van der Waals surface area contributed by atoms with Gasteiger partial charge in [-0.25, -0.2) is 0 Å². The van der Waals surface area contributed by atoms with Crippen LogP contribution in [0.4, 0.5) is 0 Å². The lowest BCUT2D eigenvalue weighted by molar-refractivity contribution is -0.692. The van der Waals surface area contributed by atoms with Crippen LogP contribution in [0.3, 0.4) is 0 Å². The van der Waals surface area contributed by atoms with Crippen LogP contribution >= 0.6 is 0 Å². The van der Waals surface area contributed by atoms with Crippen LogP contribution in [0.25, 0.3) is 5.53 Å². The van der Waals surface area contributed by atoms with Crippen LogP contribution in [0.2, 0.25) is 0 Å². The van der Waals surface area contributed by atoms with Gasteiger partial charge >= 0.3 is 0 Å². The van der Waals surface area contributed by atoms with Gasteiger partial charge in [-0.1, -0.05) is 0 Å². The fourth-order valence-electron chi connectivity index (χ4n) is 1.78. The van der Waals surface area contributed by atoms with Crippen molar-refractivity contribution in [3.8, 4) is 0 Å². The maximum atomic E-state index is 9.06. The third kappa shape index (κ3) is 0.383. The van der Waals surface area contributed by atoms with E-state index in [1.807, 2.05) is 0 Å². The maximum absolute atomic E-state index is 9.06. The van der Waals surface area contributed by atoms with Gasteiger partial charge < -0.3 is 10.2 Å². The molecule has 0 spiro atoms. The molecule has 2 heterocycles. The highest BCUT2D eigenvalue weighted by molar-refractivity contribution is 4.79. The molecule has 2 atom stereocenters. The minimum Gasteiger partial charge on any atom is -0.506 e. The quantitative estimate of drug-likeness (QED) is 0.420. The predicted octanol–water partition coefficient (Wildman–Crippen LogP) is 1.35. The first kappa shape index (κ1) is 4.48. The first-order chi connectivity index (χ1) is 3.88. The van der Waals surface area contributed by atoms with Crippen LogP contribution < -0.4 is 0 Å². The number of piperidine rings is 1. The lowest BCUT2D eigenvalue weighted by Gasteiger charge is -2.40. The van der Waals surface area contributed by atoms with E-state index < -0.39 is 0 Å². The highest BCUT2D eigenvalue weighted by atomic mass is 15.3. The summed E-state index contributed by atoms with van der Waals surface area (Å²) in [6.07, 6.45) is 5.00. The van der Waals surface area contributed by atoms with Crippen molar-refractivity contribution in [1.29, 1.82) is 0 Å². The topological polar surface area (TPSA) is 25.3 Å². The van der Waals surface area contributed by atoms with Crippen molar-refractivity contribution in [2.75, 3.05) is 0 Å². The van der Waals surface area contributed by atoms with Gasteiger partial charge in [-0.05, 0) is 6.42 Å². The summed E-state index contributed by atoms with van der Waals surface area (Å²) in [5, 5.41) is 0. The molecular formula is C6H10N2. The van der Waals surface area contributed by atoms with E-state index in [4.69, 9.17) is 5.53 Å². The van der Waals surface area contributed by atoms with Gasteiger partial charge in [0, 0.05) is 12.8 Å². The largest absolute Gasteiger partial charge is 0.506 e. The van der Waals surface area contributed by atoms with Crippen molar-refractivity contribution in [2.45, 2.75) is 37.8 Å². The fraction of sp³-hybridized carbons (Fsp3) is 1.00. The van der Waals surface area contributed by atoms with Gasteiger partial charge in [0.05, 0.1) is 6.42 Å². The summed E-state index contributed by atoms with van der Waals surface area (Å²) >= 11 is 0. The minimum absolute atomic E-state index is 0.536. The van der Waals surface area contributed by atoms with Gasteiger partial charge in [-0.3, -0.25) is 0 Å².